The molecule has 2 N–H and O–H groups in total. The third kappa shape index (κ3) is 3.39. The summed E-state index contributed by atoms with van der Waals surface area (Å²) < 4.78 is 5.19. The highest BCUT2D eigenvalue weighted by molar-refractivity contribution is 5.88. The van der Waals surface area contributed by atoms with E-state index in [4.69, 9.17) is 4.74 Å². The zero-order valence-electron chi connectivity index (χ0n) is 13.2. The fraction of sp³-hybridized carbons (Fsp3) is 0.556. The maximum Gasteiger partial charge on any atom is 0.331 e. The summed E-state index contributed by atoms with van der Waals surface area (Å²) in [7, 11) is 0. The van der Waals surface area contributed by atoms with E-state index in [1.54, 1.807) is 0 Å². The van der Waals surface area contributed by atoms with Crippen molar-refractivity contribution in [2.45, 2.75) is 43.6 Å². The highest BCUT2D eigenvalue weighted by atomic mass is 16.5. The molecule has 1 aliphatic carbocycles. The van der Waals surface area contributed by atoms with Gasteiger partial charge < -0.3 is 15.2 Å². The van der Waals surface area contributed by atoms with Gasteiger partial charge in [-0.1, -0.05) is 30.3 Å². The summed E-state index contributed by atoms with van der Waals surface area (Å²) >= 11 is 0. The first-order valence-corrected chi connectivity index (χ1v) is 8.29. The molecule has 23 heavy (non-hydrogen) atoms. The molecule has 1 aliphatic heterocycles. The second kappa shape index (κ2) is 6.71. The lowest BCUT2D eigenvalue weighted by atomic mass is 9.78. The lowest BCUT2D eigenvalue weighted by molar-refractivity contribution is -0.148. The first-order chi connectivity index (χ1) is 11.1. The highest BCUT2D eigenvalue weighted by Gasteiger charge is 2.45. The molecule has 1 aromatic carbocycles. The Kier molecular flexibility index (Phi) is 4.66. The number of hydrogen-bond acceptors (Lipinski definition) is 3. The molecule has 0 radical (unpaired) electrons. The molecule has 0 aromatic heterocycles. The summed E-state index contributed by atoms with van der Waals surface area (Å²) in [5.74, 6) is -0.721. The average Bonchev–Trinajstić information content (AvgIpc) is 3.06. The monoisotopic (exact) mass is 317 g/mol. The van der Waals surface area contributed by atoms with Gasteiger partial charge in [0.15, 0.2) is 5.54 Å². The minimum Gasteiger partial charge on any atom is -0.479 e. The second-order valence-electron chi connectivity index (χ2n) is 6.64. The van der Waals surface area contributed by atoms with E-state index in [0.717, 1.165) is 25.7 Å². The minimum absolute atomic E-state index is 0.0629. The van der Waals surface area contributed by atoms with Gasteiger partial charge >= 0.3 is 5.97 Å². The average molecular weight is 317 g/mol. The molecule has 2 aliphatic rings. The van der Waals surface area contributed by atoms with Crippen LogP contribution in [0.15, 0.2) is 30.3 Å². The molecule has 1 unspecified atom stereocenters. The molecule has 124 valence electrons. The Labute approximate surface area is 136 Å². The molecule has 5 heteroatoms. The molecule has 1 saturated carbocycles. The number of carboxylic acid groups (broad SMARTS) is 1. The van der Waals surface area contributed by atoms with Crippen molar-refractivity contribution in [1.82, 2.24) is 5.32 Å². The lowest BCUT2D eigenvalue weighted by Gasteiger charge is -2.31. The van der Waals surface area contributed by atoms with E-state index in [0.29, 0.717) is 18.9 Å². The largest absolute Gasteiger partial charge is 0.479 e. The predicted molar refractivity (Wildman–Crippen MR) is 85.1 cm³/mol. The van der Waals surface area contributed by atoms with Gasteiger partial charge in [0, 0.05) is 18.9 Å². The van der Waals surface area contributed by atoms with E-state index in [9.17, 15) is 14.7 Å². The van der Waals surface area contributed by atoms with Crippen LogP contribution in [0.2, 0.25) is 0 Å². The normalized spacial score (nSPS) is 30.8. The van der Waals surface area contributed by atoms with E-state index in [-0.39, 0.29) is 18.4 Å². The lowest BCUT2D eigenvalue weighted by Crippen LogP contribution is -2.56. The number of amides is 1. The van der Waals surface area contributed by atoms with E-state index in [1.807, 2.05) is 18.2 Å². The molecule has 3 rings (SSSR count). The van der Waals surface area contributed by atoms with E-state index in [1.165, 1.54) is 5.56 Å². The number of nitrogens with one attached hydrogen (secondary N) is 1. The minimum atomic E-state index is -1.23. The third-order valence-corrected chi connectivity index (χ3v) is 5.16. The van der Waals surface area contributed by atoms with Gasteiger partial charge in [0.05, 0.1) is 6.61 Å². The molecular weight excluding hydrogens is 294 g/mol. The molecule has 1 aromatic rings. The fourth-order valence-corrected chi connectivity index (χ4v) is 3.64. The molecule has 5 nitrogen and oxygen atoms in total. The second-order valence-corrected chi connectivity index (χ2v) is 6.64. The van der Waals surface area contributed by atoms with Crippen molar-refractivity contribution in [3.63, 3.8) is 0 Å². The predicted octanol–water partition coefficient (Wildman–Crippen LogP) is 2.32. The number of carboxylic acids is 1. The Balaban J connectivity index is 1.57. The zero-order chi connectivity index (χ0) is 16.3. The van der Waals surface area contributed by atoms with Gasteiger partial charge in [0.1, 0.15) is 0 Å². The fourth-order valence-electron chi connectivity index (χ4n) is 3.64. The zero-order valence-corrected chi connectivity index (χ0v) is 13.2. The van der Waals surface area contributed by atoms with Crippen molar-refractivity contribution in [2.24, 2.45) is 5.92 Å². The van der Waals surface area contributed by atoms with E-state index in [2.05, 4.69) is 17.4 Å². The van der Waals surface area contributed by atoms with Crippen LogP contribution < -0.4 is 5.32 Å². The number of benzene rings is 1. The molecule has 1 heterocycles. The first-order valence-electron chi connectivity index (χ1n) is 8.29. The van der Waals surface area contributed by atoms with Gasteiger partial charge in [-0.05, 0) is 37.2 Å². The van der Waals surface area contributed by atoms with Crippen LogP contribution in [-0.2, 0) is 14.3 Å². The summed E-state index contributed by atoms with van der Waals surface area (Å²) in [5.41, 5.74) is 0.102. The van der Waals surface area contributed by atoms with Crippen molar-refractivity contribution in [3.8, 4) is 0 Å². The number of carbonyl (C=O) groups is 2. The van der Waals surface area contributed by atoms with Crippen LogP contribution in [0, 0.1) is 5.92 Å². The Morgan fingerprint density at radius 1 is 1.13 bits per heavy atom. The van der Waals surface area contributed by atoms with Crippen molar-refractivity contribution in [2.75, 3.05) is 13.2 Å². The molecule has 0 bridgehead atoms. The van der Waals surface area contributed by atoms with Gasteiger partial charge in [-0.3, -0.25) is 4.79 Å². The number of rotatable bonds is 4. The van der Waals surface area contributed by atoms with E-state index >= 15 is 0 Å². The number of carbonyl (C=O) groups excluding carboxylic acids is 1. The SMILES string of the molecule is O=C(NC1(C(=O)O)CCOC1)C1CCC(c2ccccc2)CC1. The quantitative estimate of drug-likeness (QED) is 0.893. The van der Waals surface area contributed by atoms with E-state index < -0.39 is 11.5 Å². The summed E-state index contributed by atoms with van der Waals surface area (Å²) in [6, 6.07) is 10.4. The summed E-state index contributed by atoms with van der Waals surface area (Å²) in [6.45, 7) is 0.445. The molecule has 1 atom stereocenters. The van der Waals surface area contributed by atoms with Crippen LogP contribution in [0.5, 0.6) is 0 Å². The van der Waals surface area contributed by atoms with Crippen LogP contribution in [0.25, 0.3) is 0 Å². The Hall–Kier alpha value is -1.88. The smallest absolute Gasteiger partial charge is 0.331 e. The van der Waals surface area contributed by atoms with Crippen LogP contribution in [0.3, 0.4) is 0 Å². The van der Waals surface area contributed by atoms with Gasteiger partial charge in [-0.15, -0.1) is 0 Å². The summed E-state index contributed by atoms with van der Waals surface area (Å²) in [5, 5.41) is 12.2. The Bertz CT molecular complexity index is 558. The molecule has 0 spiro atoms. The van der Waals surface area contributed by atoms with Gasteiger partial charge in [-0.2, -0.15) is 0 Å². The number of aliphatic carboxylic acids is 1. The summed E-state index contributed by atoms with van der Waals surface area (Å²) in [4.78, 5) is 24.0. The standard InChI is InChI=1S/C18H23NO4/c20-16(19-18(17(21)22)10-11-23-12-18)15-8-6-14(7-9-15)13-4-2-1-3-5-13/h1-5,14-15H,6-12H2,(H,19,20)(H,21,22). The molecular formula is C18H23NO4. The van der Waals surface area contributed by atoms with Crippen molar-refractivity contribution in [3.05, 3.63) is 35.9 Å². The summed E-state index contributed by atoms with van der Waals surface area (Å²) in [6.07, 6.45) is 3.90. The van der Waals surface area contributed by atoms with Crippen LogP contribution in [0.1, 0.15) is 43.6 Å². The Morgan fingerprint density at radius 2 is 1.83 bits per heavy atom. The van der Waals surface area contributed by atoms with Crippen molar-refractivity contribution >= 4 is 11.9 Å². The van der Waals surface area contributed by atoms with Crippen molar-refractivity contribution < 1.29 is 19.4 Å². The first kappa shape index (κ1) is 16.0. The van der Waals surface area contributed by atoms with Gasteiger partial charge in [-0.25, -0.2) is 4.79 Å². The highest BCUT2D eigenvalue weighted by Crippen LogP contribution is 2.36. The Morgan fingerprint density at radius 3 is 2.39 bits per heavy atom. The van der Waals surface area contributed by atoms with Crippen LogP contribution in [0.4, 0.5) is 0 Å². The van der Waals surface area contributed by atoms with Crippen molar-refractivity contribution in [1.29, 1.82) is 0 Å². The molecule has 2 fully saturated rings. The maximum absolute atomic E-state index is 12.5. The van der Waals surface area contributed by atoms with Crippen LogP contribution >= 0.6 is 0 Å². The van der Waals surface area contributed by atoms with Gasteiger partial charge in [0.25, 0.3) is 0 Å². The molecule has 1 saturated heterocycles. The third-order valence-electron chi connectivity index (χ3n) is 5.16. The topological polar surface area (TPSA) is 75.6 Å². The van der Waals surface area contributed by atoms with Crippen LogP contribution in [-0.4, -0.2) is 35.7 Å². The van der Waals surface area contributed by atoms with Gasteiger partial charge in [0.2, 0.25) is 5.91 Å². The maximum atomic E-state index is 12.5. The number of ether oxygens (including phenoxy) is 1. The molecule has 1 amide bonds. The number of hydrogen-bond donors (Lipinski definition) is 2.